The number of ether oxygens (including phenoxy) is 1. The van der Waals surface area contributed by atoms with Crippen molar-refractivity contribution in [3.05, 3.63) is 28.8 Å². The predicted molar refractivity (Wildman–Crippen MR) is 57.4 cm³/mol. The minimum absolute atomic E-state index is 0.0713. The minimum atomic E-state index is -4.48. The van der Waals surface area contributed by atoms with E-state index in [-0.39, 0.29) is 29.1 Å². The molecule has 0 saturated carbocycles. The molecule has 2 nitrogen and oxygen atoms in total. The van der Waals surface area contributed by atoms with Gasteiger partial charge in [0.1, 0.15) is 11.3 Å². The fourth-order valence-electron chi connectivity index (χ4n) is 1.64. The minimum Gasteiger partial charge on any atom is -0.496 e. The number of aryl methyl sites for hydroxylation is 1. The summed E-state index contributed by atoms with van der Waals surface area (Å²) >= 11 is 0. The molecule has 1 aromatic rings. The molecule has 0 heterocycles. The van der Waals surface area contributed by atoms with Crippen LogP contribution in [0.1, 0.15) is 35.3 Å². The molecule has 0 atom stereocenters. The molecule has 0 bridgehead atoms. The molecule has 0 radical (unpaired) electrons. The SMILES string of the molecule is CCc1cc(C(C)=O)cc(OC)c1C(F)(F)F. The number of carbonyl (C=O) groups excluding carboxylic acids is 1. The third kappa shape index (κ3) is 2.78. The van der Waals surface area contributed by atoms with Crippen molar-refractivity contribution in [2.75, 3.05) is 7.11 Å². The largest absolute Gasteiger partial charge is 0.496 e. The summed E-state index contributed by atoms with van der Waals surface area (Å²) in [6.07, 6.45) is -4.29. The van der Waals surface area contributed by atoms with Gasteiger partial charge in [-0.2, -0.15) is 13.2 Å². The van der Waals surface area contributed by atoms with Crippen LogP contribution >= 0.6 is 0 Å². The zero-order valence-electron chi connectivity index (χ0n) is 9.81. The first-order valence-electron chi connectivity index (χ1n) is 5.10. The molecule has 0 unspecified atom stereocenters. The molecule has 0 amide bonds. The second-order valence-corrected chi connectivity index (χ2v) is 3.62. The quantitative estimate of drug-likeness (QED) is 0.763. The molecule has 17 heavy (non-hydrogen) atoms. The molecular formula is C12H13F3O2. The number of ketones is 1. The highest BCUT2D eigenvalue weighted by atomic mass is 19.4. The number of hydrogen-bond acceptors (Lipinski definition) is 2. The van der Waals surface area contributed by atoms with Crippen molar-refractivity contribution in [2.24, 2.45) is 0 Å². The van der Waals surface area contributed by atoms with Crippen LogP contribution in [0.15, 0.2) is 12.1 Å². The molecule has 0 N–H and O–H groups in total. The lowest BCUT2D eigenvalue weighted by Crippen LogP contribution is -2.12. The Balaban J connectivity index is 3.53. The Morgan fingerprint density at radius 3 is 2.29 bits per heavy atom. The summed E-state index contributed by atoms with van der Waals surface area (Å²) in [5.41, 5.74) is -0.499. The van der Waals surface area contributed by atoms with Gasteiger partial charge in [-0.1, -0.05) is 6.92 Å². The Kier molecular flexibility index (Phi) is 3.80. The van der Waals surface area contributed by atoms with Crippen LogP contribution in [0.5, 0.6) is 5.75 Å². The molecule has 0 aliphatic heterocycles. The van der Waals surface area contributed by atoms with Crippen LogP contribution in [0.25, 0.3) is 0 Å². The Morgan fingerprint density at radius 2 is 1.94 bits per heavy atom. The molecular weight excluding hydrogens is 233 g/mol. The lowest BCUT2D eigenvalue weighted by molar-refractivity contribution is -0.139. The zero-order valence-corrected chi connectivity index (χ0v) is 9.81. The lowest BCUT2D eigenvalue weighted by Gasteiger charge is -2.17. The van der Waals surface area contributed by atoms with Gasteiger partial charge < -0.3 is 4.74 Å². The van der Waals surface area contributed by atoms with Crippen LogP contribution in [-0.4, -0.2) is 12.9 Å². The number of carbonyl (C=O) groups is 1. The summed E-state index contributed by atoms with van der Waals surface area (Å²) in [7, 11) is 1.16. The Bertz CT molecular complexity index is 411. The van der Waals surface area contributed by atoms with Crippen molar-refractivity contribution in [3.8, 4) is 5.75 Å². The number of rotatable bonds is 3. The molecule has 0 aliphatic carbocycles. The van der Waals surface area contributed by atoms with Gasteiger partial charge in [-0.25, -0.2) is 0 Å². The molecule has 0 aliphatic rings. The molecule has 0 spiro atoms. The van der Waals surface area contributed by atoms with Gasteiger partial charge in [0.2, 0.25) is 0 Å². The molecule has 1 aromatic carbocycles. The summed E-state index contributed by atoms with van der Waals surface area (Å²) in [5, 5.41) is 0. The van der Waals surface area contributed by atoms with Gasteiger partial charge in [-0.15, -0.1) is 0 Å². The van der Waals surface area contributed by atoms with Gasteiger partial charge in [0.15, 0.2) is 5.78 Å². The van der Waals surface area contributed by atoms with E-state index in [1.807, 2.05) is 0 Å². The highest BCUT2D eigenvalue weighted by Crippen LogP contribution is 2.39. The molecule has 0 aromatic heterocycles. The van der Waals surface area contributed by atoms with E-state index < -0.39 is 11.7 Å². The lowest BCUT2D eigenvalue weighted by atomic mass is 9.98. The van der Waals surface area contributed by atoms with E-state index in [4.69, 9.17) is 4.74 Å². The molecule has 0 saturated heterocycles. The second kappa shape index (κ2) is 4.77. The van der Waals surface area contributed by atoms with Gasteiger partial charge in [-0.3, -0.25) is 4.79 Å². The van der Waals surface area contributed by atoms with Crippen LogP contribution in [0.2, 0.25) is 0 Å². The van der Waals surface area contributed by atoms with Crippen molar-refractivity contribution in [3.63, 3.8) is 0 Å². The standard InChI is InChI=1S/C12H13F3O2/c1-4-8-5-9(7(2)16)6-10(17-3)11(8)12(13,14)15/h5-6H,4H2,1-3H3. The van der Waals surface area contributed by atoms with Crippen LogP contribution in [0, 0.1) is 0 Å². The van der Waals surface area contributed by atoms with Crippen molar-refractivity contribution in [2.45, 2.75) is 26.4 Å². The van der Waals surface area contributed by atoms with Crippen LogP contribution in [0.3, 0.4) is 0 Å². The smallest absolute Gasteiger partial charge is 0.420 e. The van der Waals surface area contributed by atoms with Gasteiger partial charge in [-0.05, 0) is 31.0 Å². The highest BCUT2D eigenvalue weighted by Gasteiger charge is 2.37. The number of halogens is 3. The molecule has 5 heteroatoms. The summed E-state index contributed by atoms with van der Waals surface area (Å²) < 4.78 is 43.3. The van der Waals surface area contributed by atoms with Gasteiger partial charge in [0.05, 0.1) is 7.11 Å². The van der Waals surface area contributed by atoms with Crippen molar-refractivity contribution in [1.82, 2.24) is 0 Å². The predicted octanol–water partition coefficient (Wildman–Crippen LogP) is 3.48. The maximum Gasteiger partial charge on any atom is 0.420 e. The van der Waals surface area contributed by atoms with Crippen LogP contribution in [-0.2, 0) is 12.6 Å². The monoisotopic (exact) mass is 246 g/mol. The Morgan fingerprint density at radius 1 is 1.35 bits per heavy atom. The number of methoxy groups -OCH3 is 1. The average Bonchev–Trinajstić information content (AvgIpc) is 2.25. The first-order chi connectivity index (χ1) is 7.81. The molecule has 1 rings (SSSR count). The average molecular weight is 246 g/mol. The first-order valence-corrected chi connectivity index (χ1v) is 5.10. The normalized spacial score (nSPS) is 11.4. The summed E-state index contributed by atoms with van der Waals surface area (Å²) in [4.78, 5) is 11.2. The fourth-order valence-corrected chi connectivity index (χ4v) is 1.64. The maximum absolute atomic E-state index is 12.9. The van der Waals surface area contributed by atoms with E-state index in [0.717, 1.165) is 13.2 Å². The maximum atomic E-state index is 12.9. The van der Waals surface area contributed by atoms with E-state index >= 15 is 0 Å². The van der Waals surface area contributed by atoms with Crippen molar-refractivity contribution >= 4 is 5.78 Å². The molecule has 94 valence electrons. The van der Waals surface area contributed by atoms with Crippen molar-refractivity contribution in [1.29, 1.82) is 0 Å². The second-order valence-electron chi connectivity index (χ2n) is 3.62. The summed E-state index contributed by atoms with van der Waals surface area (Å²) in [6.45, 7) is 2.91. The first kappa shape index (κ1) is 13.5. The fraction of sp³-hybridized carbons (Fsp3) is 0.417. The summed E-state index contributed by atoms with van der Waals surface area (Å²) in [5.74, 6) is -0.589. The van der Waals surface area contributed by atoms with E-state index in [2.05, 4.69) is 0 Å². The number of alkyl halides is 3. The van der Waals surface area contributed by atoms with E-state index in [1.54, 1.807) is 6.92 Å². The van der Waals surface area contributed by atoms with Crippen LogP contribution < -0.4 is 4.74 Å². The number of Topliss-reactive ketones (excluding diaryl/α,β-unsaturated/α-hetero) is 1. The third-order valence-electron chi connectivity index (χ3n) is 2.47. The Labute approximate surface area is 97.4 Å². The van der Waals surface area contributed by atoms with Crippen molar-refractivity contribution < 1.29 is 22.7 Å². The Hall–Kier alpha value is -1.52. The van der Waals surface area contributed by atoms with Gasteiger partial charge >= 0.3 is 6.18 Å². The van der Waals surface area contributed by atoms with E-state index in [1.165, 1.54) is 13.0 Å². The zero-order chi connectivity index (χ0) is 13.2. The van der Waals surface area contributed by atoms with Crippen LogP contribution in [0.4, 0.5) is 13.2 Å². The van der Waals surface area contributed by atoms with E-state index in [9.17, 15) is 18.0 Å². The topological polar surface area (TPSA) is 26.3 Å². The van der Waals surface area contributed by atoms with Gasteiger partial charge in [0.25, 0.3) is 0 Å². The van der Waals surface area contributed by atoms with E-state index in [0.29, 0.717) is 0 Å². The number of hydrogen-bond donors (Lipinski definition) is 0. The highest BCUT2D eigenvalue weighted by molar-refractivity contribution is 5.94. The van der Waals surface area contributed by atoms with Gasteiger partial charge in [0, 0.05) is 5.56 Å². The summed E-state index contributed by atoms with van der Waals surface area (Å²) in [6, 6.07) is 2.40. The third-order valence-corrected chi connectivity index (χ3v) is 2.47. The number of benzene rings is 1. The molecule has 0 fully saturated rings.